The average Bonchev–Trinajstić information content (AvgIpc) is 2.05. The van der Waals surface area contributed by atoms with Crippen LogP contribution < -0.4 is 0 Å². The predicted octanol–water partition coefficient (Wildman–Crippen LogP) is 2.83. The summed E-state index contributed by atoms with van der Waals surface area (Å²) in [6.07, 6.45) is 3.54. The number of hydrogen-bond acceptors (Lipinski definition) is 1. The van der Waals surface area contributed by atoms with Crippen molar-refractivity contribution in [1.82, 2.24) is 0 Å². The Morgan fingerprint density at radius 1 is 1.42 bits per heavy atom. The van der Waals surface area contributed by atoms with Crippen LogP contribution in [0.5, 0.6) is 0 Å². The van der Waals surface area contributed by atoms with Crippen LogP contribution in [0.2, 0.25) is 0 Å². The van der Waals surface area contributed by atoms with Crippen molar-refractivity contribution in [2.24, 2.45) is 15.9 Å². The number of hydrogen-bond donors (Lipinski definition) is 0. The molecule has 0 aromatic rings. The molecule has 0 aromatic carbocycles. The zero-order valence-electron chi connectivity index (χ0n) is 8.04. The van der Waals surface area contributed by atoms with Crippen LogP contribution in [0, 0.1) is 5.92 Å². The minimum absolute atomic E-state index is 0.361. The third-order valence-electron chi connectivity index (χ3n) is 1.48. The smallest absolute Gasteiger partial charge is 0.153 e. The van der Waals surface area contributed by atoms with Gasteiger partial charge in [-0.3, -0.25) is 0 Å². The molecular weight excluding hydrogens is 148 g/mol. The van der Waals surface area contributed by atoms with E-state index in [1.807, 2.05) is 13.0 Å². The maximum atomic E-state index is 4.09. The first-order chi connectivity index (χ1) is 5.63. The Morgan fingerprint density at radius 2 is 2.00 bits per heavy atom. The van der Waals surface area contributed by atoms with Gasteiger partial charge in [0.25, 0.3) is 0 Å². The highest BCUT2D eigenvalue weighted by atomic mass is 14.9. The summed E-state index contributed by atoms with van der Waals surface area (Å²) in [5, 5.41) is 0. The lowest BCUT2D eigenvalue weighted by atomic mass is 10.0. The Kier molecular flexibility index (Phi) is 4.93. The summed E-state index contributed by atoms with van der Waals surface area (Å²) in [5.74, 6) is 0.989. The Labute approximate surface area is 74.4 Å². The molecule has 0 aromatic heterocycles. The van der Waals surface area contributed by atoms with Gasteiger partial charge in [0.05, 0.1) is 0 Å². The fourth-order valence-corrected chi connectivity index (χ4v) is 0.629. The van der Waals surface area contributed by atoms with Crippen molar-refractivity contribution in [3.8, 4) is 0 Å². The molecule has 0 aliphatic rings. The van der Waals surface area contributed by atoms with Crippen molar-refractivity contribution in [3.05, 3.63) is 24.4 Å². The summed E-state index contributed by atoms with van der Waals surface area (Å²) in [7, 11) is 0. The molecule has 0 saturated heterocycles. The average molecular weight is 164 g/mol. The van der Waals surface area contributed by atoms with Crippen LogP contribution in [0.4, 0.5) is 0 Å². The second-order valence-corrected chi connectivity index (χ2v) is 2.77. The van der Waals surface area contributed by atoms with Gasteiger partial charge in [0, 0.05) is 6.20 Å². The lowest BCUT2D eigenvalue weighted by Crippen LogP contribution is -2.03. The van der Waals surface area contributed by atoms with Gasteiger partial charge in [0.15, 0.2) is 5.84 Å². The molecule has 0 radical (unpaired) electrons. The molecule has 0 bridgehead atoms. The summed E-state index contributed by atoms with van der Waals surface area (Å²) in [6, 6.07) is 0. The van der Waals surface area contributed by atoms with Crippen LogP contribution in [0.25, 0.3) is 0 Å². The van der Waals surface area contributed by atoms with Crippen LogP contribution in [-0.2, 0) is 0 Å². The first-order valence-corrected chi connectivity index (χ1v) is 3.98. The van der Waals surface area contributed by atoms with Gasteiger partial charge in [-0.25, -0.2) is 9.98 Å². The van der Waals surface area contributed by atoms with E-state index in [1.165, 1.54) is 0 Å². The fourth-order valence-electron chi connectivity index (χ4n) is 0.629. The maximum Gasteiger partial charge on any atom is 0.153 e. The van der Waals surface area contributed by atoms with Crippen molar-refractivity contribution in [2.75, 3.05) is 0 Å². The van der Waals surface area contributed by atoms with Crippen molar-refractivity contribution in [3.63, 3.8) is 0 Å². The molecule has 12 heavy (non-hydrogen) atoms. The van der Waals surface area contributed by atoms with Gasteiger partial charge < -0.3 is 0 Å². The normalized spacial score (nSPS) is 12.5. The number of nitrogens with zero attached hydrogens (tertiary/aromatic N) is 2. The summed E-state index contributed by atoms with van der Waals surface area (Å²) in [6.45, 7) is 13.3. The Hall–Kier alpha value is -1.18. The molecule has 0 atom stereocenters. The Balaban J connectivity index is 4.56. The van der Waals surface area contributed by atoms with Gasteiger partial charge in [0.2, 0.25) is 0 Å². The van der Waals surface area contributed by atoms with E-state index in [0.29, 0.717) is 11.8 Å². The molecule has 0 N–H and O–H groups in total. The zero-order chi connectivity index (χ0) is 9.56. The van der Waals surface area contributed by atoms with Crippen molar-refractivity contribution in [2.45, 2.75) is 20.8 Å². The van der Waals surface area contributed by atoms with Gasteiger partial charge in [0.1, 0.15) is 0 Å². The number of rotatable bonds is 3. The molecule has 2 nitrogen and oxygen atoms in total. The second kappa shape index (κ2) is 5.47. The first kappa shape index (κ1) is 10.8. The van der Waals surface area contributed by atoms with E-state index in [4.69, 9.17) is 0 Å². The van der Waals surface area contributed by atoms with E-state index in [2.05, 4.69) is 37.1 Å². The van der Waals surface area contributed by atoms with Gasteiger partial charge in [-0.15, -0.1) is 0 Å². The van der Waals surface area contributed by atoms with Crippen LogP contribution >= 0.6 is 0 Å². The topological polar surface area (TPSA) is 24.7 Å². The highest BCUT2D eigenvalue weighted by Gasteiger charge is 2.04. The minimum atomic E-state index is 0.361. The molecule has 0 fully saturated rings. The van der Waals surface area contributed by atoms with Crippen LogP contribution in [0.1, 0.15) is 20.8 Å². The SMILES string of the molecule is C=NC(=N/C=C\C)C(=C)C(C)C. The molecule has 2 heteroatoms. The Morgan fingerprint density at radius 3 is 2.33 bits per heavy atom. The molecule has 0 spiro atoms. The van der Waals surface area contributed by atoms with Gasteiger partial charge in [-0.2, -0.15) is 0 Å². The molecule has 66 valence electrons. The lowest BCUT2D eigenvalue weighted by molar-refractivity contribution is 0.804. The summed E-state index contributed by atoms with van der Waals surface area (Å²) < 4.78 is 0. The van der Waals surface area contributed by atoms with Gasteiger partial charge in [-0.1, -0.05) is 26.5 Å². The fraction of sp³-hybridized carbons (Fsp3) is 0.400. The largest absolute Gasteiger partial charge is 0.245 e. The third kappa shape index (κ3) is 3.28. The van der Waals surface area contributed by atoms with E-state index < -0.39 is 0 Å². The van der Waals surface area contributed by atoms with Crippen LogP contribution in [0.15, 0.2) is 34.4 Å². The van der Waals surface area contributed by atoms with E-state index >= 15 is 0 Å². The molecular formula is C10H16N2. The Bertz CT molecular complexity index is 222. The highest BCUT2D eigenvalue weighted by Crippen LogP contribution is 2.09. The van der Waals surface area contributed by atoms with Crippen molar-refractivity contribution < 1.29 is 0 Å². The minimum Gasteiger partial charge on any atom is -0.245 e. The van der Waals surface area contributed by atoms with E-state index in [1.54, 1.807) is 6.20 Å². The third-order valence-corrected chi connectivity index (χ3v) is 1.48. The second-order valence-electron chi connectivity index (χ2n) is 2.77. The van der Waals surface area contributed by atoms with Gasteiger partial charge in [-0.05, 0) is 25.1 Å². The molecule has 0 amide bonds. The van der Waals surface area contributed by atoms with Crippen molar-refractivity contribution in [1.29, 1.82) is 0 Å². The standard InChI is InChI=1S/C10H16N2/c1-6-7-12-10(11-5)9(4)8(2)3/h6-8H,4-5H2,1-3H3/b7-6-,12-10?. The quantitative estimate of drug-likeness (QED) is 0.452. The summed E-state index contributed by atoms with van der Waals surface area (Å²) in [5.41, 5.74) is 0.920. The predicted molar refractivity (Wildman–Crippen MR) is 55.8 cm³/mol. The summed E-state index contributed by atoms with van der Waals surface area (Å²) in [4.78, 5) is 7.89. The lowest BCUT2D eigenvalue weighted by Gasteiger charge is -2.06. The number of amidine groups is 1. The van der Waals surface area contributed by atoms with Crippen LogP contribution in [0.3, 0.4) is 0 Å². The molecule has 0 aliphatic carbocycles. The maximum absolute atomic E-state index is 4.09. The highest BCUT2D eigenvalue weighted by molar-refractivity contribution is 6.01. The molecule has 0 rings (SSSR count). The van der Waals surface area contributed by atoms with Crippen LogP contribution in [-0.4, -0.2) is 12.6 Å². The molecule has 0 saturated carbocycles. The first-order valence-electron chi connectivity index (χ1n) is 3.98. The monoisotopic (exact) mass is 164 g/mol. The van der Waals surface area contributed by atoms with E-state index in [0.717, 1.165) is 5.57 Å². The molecule has 0 aliphatic heterocycles. The van der Waals surface area contributed by atoms with E-state index in [9.17, 15) is 0 Å². The van der Waals surface area contributed by atoms with E-state index in [-0.39, 0.29) is 0 Å². The zero-order valence-corrected chi connectivity index (χ0v) is 8.04. The van der Waals surface area contributed by atoms with Gasteiger partial charge >= 0.3 is 0 Å². The molecule has 0 unspecified atom stereocenters. The van der Waals surface area contributed by atoms with Crippen molar-refractivity contribution >= 4 is 12.6 Å². The number of aliphatic imine (C=N–C) groups is 2. The summed E-state index contributed by atoms with van der Waals surface area (Å²) >= 11 is 0. The number of allylic oxidation sites excluding steroid dienone is 1. The molecule has 0 heterocycles.